The molecule has 6 heteroatoms. The Morgan fingerprint density at radius 2 is 1.68 bits per heavy atom. The molecule has 4 N–H and O–H groups in total. The first-order chi connectivity index (χ1) is 12.1. The first kappa shape index (κ1) is 18.3. The molecule has 2 rings (SSSR count). The van der Waals surface area contributed by atoms with Gasteiger partial charge in [-0.2, -0.15) is 0 Å². The van der Waals surface area contributed by atoms with Crippen molar-refractivity contribution in [2.75, 3.05) is 16.9 Å². The van der Waals surface area contributed by atoms with E-state index < -0.39 is 6.03 Å². The maximum absolute atomic E-state index is 12.2. The topological polar surface area (TPSA) is 87.5 Å². The van der Waals surface area contributed by atoms with E-state index in [1.165, 1.54) is 4.90 Å². The van der Waals surface area contributed by atoms with Gasteiger partial charge in [-0.05, 0) is 30.7 Å². The van der Waals surface area contributed by atoms with Crippen molar-refractivity contribution in [3.05, 3.63) is 60.2 Å². The summed E-state index contributed by atoms with van der Waals surface area (Å²) < 4.78 is 0. The Hall–Kier alpha value is -3.02. The number of carbonyl (C=O) groups excluding carboxylic acids is 2. The lowest BCUT2D eigenvalue weighted by Crippen LogP contribution is -2.38. The fourth-order valence-corrected chi connectivity index (χ4v) is 2.47. The Balaban J connectivity index is 2.10. The zero-order valence-corrected chi connectivity index (χ0v) is 14.4. The van der Waals surface area contributed by atoms with Gasteiger partial charge in [-0.15, -0.1) is 0 Å². The van der Waals surface area contributed by atoms with Crippen LogP contribution in [0.25, 0.3) is 0 Å². The lowest BCUT2D eigenvalue weighted by atomic mass is 10.2. The van der Waals surface area contributed by atoms with Crippen LogP contribution in [0.1, 0.15) is 36.5 Å². The van der Waals surface area contributed by atoms with E-state index in [2.05, 4.69) is 17.8 Å². The lowest BCUT2D eigenvalue weighted by molar-refractivity contribution is 0.0962. The Morgan fingerprint density at radius 3 is 2.36 bits per heavy atom. The molecule has 0 radical (unpaired) electrons. The van der Waals surface area contributed by atoms with E-state index in [4.69, 9.17) is 5.73 Å². The smallest absolute Gasteiger partial charge is 0.319 e. The second kappa shape index (κ2) is 9.32. The van der Waals surface area contributed by atoms with E-state index in [1.807, 2.05) is 18.2 Å². The monoisotopic (exact) mass is 340 g/mol. The van der Waals surface area contributed by atoms with Gasteiger partial charge >= 0.3 is 6.03 Å². The van der Waals surface area contributed by atoms with Crippen molar-refractivity contribution in [2.45, 2.75) is 26.2 Å². The van der Waals surface area contributed by atoms with E-state index >= 15 is 0 Å². The zero-order chi connectivity index (χ0) is 18.1. The number of urea groups is 1. The molecule has 0 heterocycles. The van der Waals surface area contributed by atoms with E-state index in [-0.39, 0.29) is 5.91 Å². The molecule has 0 aliphatic carbocycles. The predicted molar refractivity (Wildman–Crippen MR) is 100 cm³/mol. The van der Waals surface area contributed by atoms with Crippen LogP contribution < -0.4 is 21.5 Å². The van der Waals surface area contributed by atoms with Gasteiger partial charge in [-0.1, -0.05) is 50.1 Å². The summed E-state index contributed by atoms with van der Waals surface area (Å²) in [6.45, 7) is 2.64. The van der Waals surface area contributed by atoms with Crippen molar-refractivity contribution in [3.63, 3.8) is 0 Å². The number of para-hydroxylation sites is 2. The molecule has 0 saturated heterocycles. The molecule has 2 aromatic carbocycles. The molecule has 0 bridgehead atoms. The van der Waals surface area contributed by atoms with Gasteiger partial charge in [0.1, 0.15) is 0 Å². The SMILES string of the molecule is CCCCCN(C(N)=O)c1ccccc1NNC(=O)c1ccccc1. The number of hydrazine groups is 1. The van der Waals surface area contributed by atoms with Crippen LogP contribution in [-0.2, 0) is 0 Å². The third-order valence-electron chi connectivity index (χ3n) is 3.79. The number of nitrogens with zero attached hydrogens (tertiary/aromatic N) is 1. The summed E-state index contributed by atoms with van der Waals surface area (Å²) in [5, 5.41) is 0. The summed E-state index contributed by atoms with van der Waals surface area (Å²) >= 11 is 0. The predicted octanol–water partition coefficient (Wildman–Crippen LogP) is 3.52. The highest BCUT2D eigenvalue weighted by molar-refractivity contribution is 5.97. The molecular weight excluding hydrogens is 316 g/mol. The Morgan fingerprint density at radius 1 is 1.00 bits per heavy atom. The number of nitrogens with two attached hydrogens (primary N) is 1. The lowest BCUT2D eigenvalue weighted by Gasteiger charge is -2.23. The molecular formula is C19H24N4O2. The van der Waals surface area contributed by atoms with Crippen LogP contribution in [0.3, 0.4) is 0 Å². The number of amides is 3. The summed E-state index contributed by atoms with van der Waals surface area (Å²) in [7, 11) is 0. The molecule has 0 aliphatic heterocycles. The minimum atomic E-state index is -0.514. The number of rotatable bonds is 8. The molecule has 0 unspecified atom stereocenters. The molecule has 0 fully saturated rings. The Bertz CT molecular complexity index is 704. The van der Waals surface area contributed by atoms with Gasteiger partial charge in [0.25, 0.3) is 5.91 Å². The first-order valence-corrected chi connectivity index (χ1v) is 8.41. The van der Waals surface area contributed by atoms with Crippen LogP contribution >= 0.6 is 0 Å². The average Bonchev–Trinajstić information content (AvgIpc) is 2.64. The maximum atomic E-state index is 12.2. The minimum absolute atomic E-state index is 0.257. The number of benzene rings is 2. The Kier molecular flexibility index (Phi) is 6.83. The largest absolute Gasteiger partial charge is 0.351 e. The number of hydrogen-bond donors (Lipinski definition) is 3. The van der Waals surface area contributed by atoms with Crippen molar-refractivity contribution in [1.29, 1.82) is 0 Å². The molecule has 0 saturated carbocycles. The summed E-state index contributed by atoms with van der Waals surface area (Å²) in [5.74, 6) is -0.257. The van der Waals surface area contributed by atoms with Gasteiger partial charge in [-0.25, -0.2) is 4.79 Å². The number of hydrogen-bond acceptors (Lipinski definition) is 3. The second-order valence-electron chi connectivity index (χ2n) is 5.66. The molecule has 0 atom stereocenters. The van der Waals surface area contributed by atoms with E-state index in [0.717, 1.165) is 19.3 Å². The average molecular weight is 340 g/mol. The number of primary amides is 1. The van der Waals surface area contributed by atoms with Crippen LogP contribution in [0.15, 0.2) is 54.6 Å². The third-order valence-corrected chi connectivity index (χ3v) is 3.79. The van der Waals surface area contributed by atoms with Crippen LogP contribution in [0.2, 0.25) is 0 Å². The van der Waals surface area contributed by atoms with E-state index in [0.29, 0.717) is 23.5 Å². The quantitative estimate of drug-likeness (QED) is 0.507. The van der Waals surface area contributed by atoms with Gasteiger partial charge in [-0.3, -0.25) is 20.5 Å². The zero-order valence-electron chi connectivity index (χ0n) is 14.4. The number of nitrogens with one attached hydrogen (secondary N) is 2. The van der Waals surface area contributed by atoms with Crippen molar-refractivity contribution < 1.29 is 9.59 Å². The van der Waals surface area contributed by atoms with Gasteiger partial charge in [0.05, 0.1) is 11.4 Å². The summed E-state index contributed by atoms with van der Waals surface area (Å²) in [5.41, 5.74) is 12.9. The van der Waals surface area contributed by atoms with Crippen LogP contribution in [0, 0.1) is 0 Å². The third kappa shape index (κ3) is 5.24. The molecule has 132 valence electrons. The van der Waals surface area contributed by atoms with E-state index in [9.17, 15) is 9.59 Å². The van der Waals surface area contributed by atoms with Gasteiger partial charge in [0.2, 0.25) is 0 Å². The summed E-state index contributed by atoms with van der Waals surface area (Å²) in [6.07, 6.45) is 2.94. The summed E-state index contributed by atoms with van der Waals surface area (Å²) in [4.78, 5) is 25.5. The molecule has 6 nitrogen and oxygen atoms in total. The van der Waals surface area contributed by atoms with E-state index in [1.54, 1.807) is 36.4 Å². The molecule has 25 heavy (non-hydrogen) atoms. The summed E-state index contributed by atoms with van der Waals surface area (Å²) in [6, 6.07) is 15.6. The fraction of sp³-hybridized carbons (Fsp3) is 0.263. The van der Waals surface area contributed by atoms with Crippen molar-refractivity contribution in [2.24, 2.45) is 5.73 Å². The standard InChI is InChI=1S/C19H24N4O2/c1-2-3-9-14-23(19(20)25)17-13-8-7-12-16(17)21-22-18(24)15-10-5-4-6-11-15/h4-8,10-13,21H,2-3,9,14H2,1H3,(H2,20,25)(H,22,24). The number of carbonyl (C=O) groups is 2. The fourth-order valence-electron chi connectivity index (χ4n) is 2.47. The van der Waals surface area contributed by atoms with Crippen LogP contribution in [0.5, 0.6) is 0 Å². The van der Waals surface area contributed by atoms with Crippen molar-refractivity contribution >= 4 is 23.3 Å². The first-order valence-electron chi connectivity index (χ1n) is 8.41. The van der Waals surface area contributed by atoms with Gasteiger partial charge < -0.3 is 5.73 Å². The second-order valence-corrected chi connectivity index (χ2v) is 5.66. The molecule has 0 aliphatic rings. The van der Waals surface area contributed by atoms with Crippen molar-refractivity contribution in [1.82, 2.24) is 5.43 Å². The maximum Gasteiger partial charge on any atom is 0.319 e. The van der Waals surface area contributed by atoms with Gasteiger partial charge in [0.15, 0.2) is 0 Å². The van der Waals surface area contributed by atoms with Crippen LogP contribution in [0.4, 0.5) is 16.2 Å². The number of unbranched alkanes of at least 4 members (excludes halogenated alkanes) is 2. The Labute approximate surface area is 148 Å². The highest BCUT2D eigenvalue weighted by Gasteiger charge is 2.16. The highest BCUT2D eigenvalue weighted by atomic mass is 16.2. The molecule has 0 spiro atoms. The van der Waals surface area contributed by atoms with Crippen LogP contribution in [-0.4, -0.2) is 18.5 Å². The molecule has 3 amide bonds. The molecule has 0 aromatic heterocycles. The number of anilines is 2. The minimum Gasteiger partial charge on any atom is -0.351 e. The normalized spacial score (nSPS) is 10.1. The van der Waals surface area contributed by atoms with Gasteiger partial charge in [0, 0.05) is 12.1 Å². The van der Waals surface area contributed by atoms with Crippen molar-refractivity contribution in [3.8, 4) is 0 Å². The highest BCUT2D eigenvalue weighted by Crippen LogP contribution is 2.25. The molecule has 2 aromatic rings.